The molecule has 0 aromatic heterocycles. The molecule has 21 heavy (non-hydrogen) atoms. The van der Waals surface area contributed by atoms with Crippen molar-refractivity contribution in [3.05, 3.63) is 72.9 Å². The second-order valence-electron chi connectivity index (χ2n) is 4.82. The molecule has 0 radical (unpaired) electrons. The highest BCUT2D eigenvalue weighted by atomic mass is 13.8. The van der Waals surface area contributed by atoms with Gasteiger partial charge in [0, 0.05) is 0 Å². The van der Waals surface area contributed by atoms with Gasteiger partial charge in [-0.3, -0.25) is 0 Å². The maximum atomic E-state index is 2.23. The maximum Gasteiger partial charge on any atom is -0.0169 e. The minimum atomic E-state index is 1.03. The van der Waals surface area contributed by atoms with Gasteiger partial charge >= 0.3 is 0 Å². The van der Waals surface area contributed by atoms with Crippen LogP contribution in [0.5, 0.6) is 0 Å². The Morgan fingerprint density at radius 2 is 0.524 bits per heavy atom. The van der Waals surface area contributed by atoms with Crippen LogP contribution in [0.1, 0.15) is 58.8 Å². The normalized spacial score (nSPS) is 13.4. The molecule has 0 rings (SSSR count). The van der Waals surface area contributed by atoms with Crippen LogP contribution in [0.3, 0.4) is 0 Å². The average molecular weight is 284 g/mol. The lowest BCUT2D eigenvalue weighted by Crippen LogP contribution is -1.64. The number of hydrogen-bond donors (Lipinski definition) is 0. The van der Waals surface area contributed by atoms with Gasteiger partial charge in [-0.1, -0.05) is 86.8 Å². The average Bonchev–Trinajstić information content (AvgIpc) is 2.50. The summed E-state index contributed by atoms with van der Waals surface area (Å²) in [6, 6.07) is 0. The molecule has 0 aliphatic heterocycles. The second kappa shape index (κ2) is 18.4. The fourth-order valence-corrected chi connectivity index (χ4v) is 1.69. The second-order valence-corrected chi connectivity index (χ2v) is 4.82. The summed E-state index contributed by atoms with van der Waals surface area (Å²) < 4.78 is 0. The van der Waals surface area contributed by atoms with E-state index in [-0.39, 0.29) is 0 Å². The van der Waals surface area contributed by atoms with Crippen molar-refractivity contribution in [3.63, 3.8) is 0 Å². The molecule has 0 saturated carbocycles. The van der Waals surface area contributed by atoms with Gasteiger partial charge in [0.15, 0.2) is 0 Å². The summed E-state index contributed by atoms with van der Waals surface area (Å²) in [5.74, 6) is 0. The van der Waals surface area contributed by atoms with Gasteiger partial charge in [-0.05, 0) is 44.9 Å². The third kappa shape index (κ3) is 18.4. The van der Waals surface area contributed by atoms with Crippen LogP contribution in [-0.2, 0) is 0 Å². The fraction of sp³-hybridized carbons (Fsp3) is 0.429. The van der Waals surface area contributed by atoms with Gasteiger partial charge in [-0.2, -0.15) is 0 Å². The Bertz CT molecular complexity index is 325. The molecule has 0 amide bonds. The predicted octanol–water partition coefficient (Wildman–Crippen LogP) is 7.09. The van der Waals surface area contributed by atoms with Crippen LogP contribution in [-0.4, -0.2) is 0 Å². The van der Waals surface area contributed by atoms with E-state index in [1.165, 1.54) is 0 Å². The van der Waals surface area contributed by atoms with Gasteiger partial charge in [0.05, 0.1) is 0 Å². The highest BCUT2D eigenvalue weighted by molar-refractivity contribution is 5.01. The zero-order valence-corrected chi connectivity index (χ0v) is 13.9. The lowest BCUT2D eigenvalue weighted by atomic mass is 10.2. The molecule has 0 atom stereocenters. The Balaban J connectivity index is 3.47. The molecule has 0 aromatic rings. The molecule has 0 unspecified atom stereocenters. The van der Waals surface area contributed by atoms with E-state index in [1.54, 1.807) is 0 Å². The van der Waals surface area contributed by atoms with E-state index >= 15 is 0 Å². The molecular weight excluding hydrogens is 252 g/mol. The van der Waals surface area contributed by atoms with Gasteiger partial charge in [-0.25, -0.2) is 0 Å². The van der Waals surface area contributed by atoms with Crippen molar-refractivity contribution in [2.45, 2.75) is 58.8 Å². The summed E-state index contributed by atoms with van der Waals surface area (Å²) in [5, 5.41) is 0. The van der Waals surface area contributed by atoms with Crippen LogP contribution < -0.4 is 0 Å². The predicted molar refractivity (Wildman–Crippen MR) is 98.5 cm³/mol. The maximum absolute atomic E-state index is 2.23. The van der Waals surface area contributed by atoms with Crippen molar-refractivity contribution in [2.24, 2.45) is 0 Å². The number of hydrogen-bond acceptors (Lipinski definition) is 0. The zero-order valence-electron chi connectivity index (χ0n) is 13.9. The first kappa shape index (κ1) is 19.4. The molecule has 0 spiro atoms. The lowest BCUT2D eigenvalue weighted by molar-refractivity contribution is 1.19. The van der Waals surface area contributed by atoms with E-state index in [4.69, 9.17) is 0 Å². The molecule has 0 N–H and O–H groups in total. The first-order valence-corrected chi connectivity index (χ1v) is 8.31. The zero-order chi connectivity index (χ0) is 15.4. The smallest absolute Gasteiger partial charge is 0.0169 e. The Morgan fingerprint density at radius 1 is 0.333 bits per heavy atom. The third-order valence-electron chi connectivity index (χ3n) is 2.83. The van der Waals surface area contributed by atoms with Crippen molar-refractivity contribution in [1.29, 1.82) is 0 Å². The van der Waals surface area contributed by atoms with Crippen LogP contribution in [0.2, 0.25) is 0 Å². The van der Waals surface area contributed by atoms with Crippen molar-refractivity contribution in [2.75, 3.05) is 0 Å². The Kier molecular flexibility index (Phi) is 17.1. The van der Waals surface area contributed by atoms with Crippen molar-refractivity contribution in [3.8, 4) is 0 Å². The topological polar surface area (TPSA) is 0 Å². The molecular formula is C21H32. The van der Waals surface area contributed by atoms with E-state index in [1.807, 2.05) is 0 Å². The molecule has 0 aliphatic carbocycles. The van der Waals surface area contributed by atoms with Crippen LogP contribution in [0, 0.1) is 0 Å². The van der Waals surface area contributed by atoms with Crippen molar-refractivity contribution in [1.82, 2.24) is 0 Å². The molecule has 0 fully saturated rings. The first-order valence-electron chi connectivity index (χ1n) is 8.31. The summed E-state index contributed by atoms with van der Waals surface area (Å²) in [6.07, 6.45) is 34.2. The van der Waals surface area contributed by atoms with Gasteiger partial charge < -0.3 is 0 Å². The van der Waals surface area contributed by atoms with E-state index in [0.717, 1.165) is 44.9 Å². The third-order valence-corrected chi connectivity index (χ3v) is 2.83. The SMILES string of the molecule is CC/C=C/C/C=C/C/C=C/C/C=C/C/C=C/C/C=C/CC. The van der Waals surface area contributed by atoms with E-state index in [9.17, 15) is 0 Å². The molecule has 0 aliphatic rings. The summed E-state index contributed by atoms with van der Waals surface area (Å²) in [6.45, 7) is 4.32. The minimum Gasteiger partial charge on any atom is -0.0885 e. The van der Waals surface area contributed by atoms with Crippen molar-refractivity contribution < 1.29 is 0 Å². The van der Waals surface area contributed by atoms with Crippen molar-refractivity contribution >= 4 is 0 Å². The summed E-state index contributed by atoms with van der Waals surface area (Å²) in [5.41, 5.74) is 0. The van der Waals surface area contributed by atoms with Crippen LogP contribution in [0.4, 0.5) is 0 Å². The fourth-order valence-electron chi connectivity index (χ4n) is 1.69. The summed E-state index contributed by atoms with van der Waals surface area (Å²) >= 11 is 0. The highest BCUT2D eigenvalue weighted by Crippen LogP contribution is 1.96. The van der Waals surface area contributed by atoms with E-state index in [0.29, 0.717) is 0 Å². The van der Waals surface area contributed by atoms with Gasteiger partial charge in [0.2, 0.25) is 0 Å². The Hall–Kier alpha value is -1.56. The first-order chi connectivity index (χ1) is 10.4. The quantitative estimate of drug-likeness (QED) is 0.335. The van der Waals surface area contributed by atoms with E-state index < -0.39 is 0 Å². The lowest BCUT2D eigenvalue weighted by Gasteiger charge is -1.85. The Labute approximate surface area is 132 Å². The van der Waals surface area contributed by atoms with Gasteiger partial charge in [0.1, 0.15) is 0 Å². The largest absolute Gasteiger partial charge is 0.0885 e. The minimum absolute atomic E-state index is 1.03. The van der Waals surface area contributed by atoms with Crippen LogP contribution in [0.25, 0.3) is 0 Å². The molecule has 0 saturated heterocycles. The van der Waals surface area contributed by atoms with Crippen LogP contribution in [0.15, 0.2) is 72.9 Å². The summed E-state index contributed by atoms with van der Waals surface area (Å²) in [4.78, 5) is 0. The Morgan fingerprint density at radius 3 is 0.714 bits per heavy atom. The molecule has 0 aromatic carbocycles. The number of rotatable bonds is 12. The number of allylic oxidation sites excluding steroid dienone is 12. The van der Waals surface area contributed by atoms with Crippen LogP contribution >= 0.6 is 0 Å². The molecule has 0 heterocycles. The molecule has 0 bridgehead atoms. The standard InChI is InChI=1S/C21H32/c1-3-5-7-9-11-13-15-17-19-21-20-18-16-14-12-10-8-6-4-2/h5-8,11-14,17-20H,3-4,9-10,15-16,21H2,1-2H3/b7-5+,8-6+,13-11+,14-12+,19-17+,20-18+. The molecule has 0 heteroatoms. The highest BCUT2D eigenvalue weighted by Gasteiger charge is 1.75. The molecule has 0 nitrogen and oxygen atoms in total. The van der Waals surface area contributed by atoms with E-state index in [2.05, 4.69) is 86.8 Å². The summed E-state index contributed by atoms with van der Waals surface area (Å²) in [7, 11) is 0. The molecule has 116 valence electrons. The van der Waals surface area contributed by atoms with Gasteiger partial charge in [0.25, 0.3) is 0 Å². The monoisotopic (exact) mass is 284 g/mol. The van der Waals surface area contributed by atoms with Gasteiger partial charge in [-0.15, -0.1) is 0 Å².